The average Bonchev–Trinajstić information content (AvgIpc) is 2.19. The Kier molecular flexibility index (Phi) is 4.11. The van der Waals surface area contributed by atoms with Gasteiger partial charge < -0.3 is 9.47 Å². The van der Waals surface area contributed by atoms with E-state index in [2.05, 4.69) is 20.7 Å². The highest BCUT2D eigenvalue weighted by molar-refractivity contribution is 9.10. The van der Waals surface area contributed by atoms with Crippen molar-refractivity contribution in [2.75, 3.05) is 7.11 Å². The molecule has 0 aliphatic heterocycles. The van der Waals surface area contributed by atoms with Crippen LogP contribution in [0, 0.1) is 0 Å². The predicted octanol–water partition coefficient (Wildman–Crippen LogP) is 3.01. The lowest BCUT2D eigenvalue weighted by Gasteiger charge is -2.08. The molecule has 0 aliphatic rings. The minimum atomic E-state index is -0.993. The monoisotopic (exact) mass is 292 g/mol. The molecule has 0 radical (unpaired) electrons. The Morgan fingerprint density at radius 1 is 1.47 bits per heavy atom. The minimum absolute atomic E-state index is 0.0998. The Hall–Kier alpha value is -1.07. The summed E-state index contributed by atoms with van der Waals surface area (Å²) < 4.78 is 10.1. The first-order valence-corrected chi connectivity index (χ1v) is 4.95. The molecule has 4 nitrogen and oxygen atoms in total. The van der Waals surface area contributed by atoms with E-state index >= 15 is 0 Å². The molecule has 1 aromatic carbocycles. The van der Waals surface area contributed by atoms with Gasteiger partial charge in [0.1, 0.15) is 0 Å². The molecule has 0 aromatic heterocycles. The van der Waals surface area contributed by atoms with Crippen molar-refractivity contribution in [1.82, 2.24) is 0 Å². The first-order chi connectivity index (χ1) is 7.08. The number of aldehydes is 1. The fourth-order valence-electron chi connectivity index (χ4n) is 0.967. The van der Waals surface area contributed by atoms with Crippen molar-refractivity contribution in [2.24, 2.45) is 0 Å². The first-order valence-electron chi connectivity index (χ1n) is 3.78. The Balaban J connectivity index is 3.21. The molecule has 0 unspecified atom stereocenters. The van der Waals surface area contributed by atoms with Gasteiger partial charge in [-0.2, -0.15) is 0 Å². The predicted molar refractivity (Wildman–Crippen MR) is 58.0 cm³/mol. The third-order valence-electron chi connectivity index (χ3n) is 1.60. The number of methoxy groups -OCH3 is 1. The zero-order chi connectivity index (χ0) is 11.4. The summed E-state index contributed by atoms with van der Waals surface area (Å²) in [7, 11) is 1.41. The van der Waals surface area contributed by atoms with Gasteiger partial charge in [0.25, 0.3) is 0 Å². The Labute approximate surface area is 99.2 Å². The molecule has 0 aliphatic carbocycles. The van der Waals surface area contributed by atoms with Crippen LogP contribution in [0.15, 0.2) is 16.6 Å². The minimum Gasteiger partial charge on any atom is -0.493 e. The maximum atomic E-state index is 10.6. The fourth-order valence-corrected chi connectivity index (χ4v) is 1.47. The van der Waals surface area contributed by atoms with Crippen LogP contribution in [-0.2, 0) is 0 Å². The molecule has 0 heterocycles. The van der Waals surface area contributed by atoms with Crippen LogP contribution < -0.4 is 9.47 Å². The number of hydrogen-bond donors (Lipinski definition) is 0. The number of hydrogen-bond acceptors (Lipinski definition) is 4. The van der Waals surface area contributed by atoms with Gasteiger partial charge in [0, 0.05) is 21.6 Å². The fraction of sp³-hybridized carbons (Fsp3) is 0.111. The summed E-state index contributed by atoms with van der Waals surface area (Å²) in [5, 5.41) is 0. The molecule has 0 amide bonds. The zero-order valence-corrected chi connectivity index (χ0v) is 9.96. The zero-order valence-electron chi connectivity index (χ0n) is 7.62. The number of rotatable bonds is 3. The van der Waals surface area contributed by atoms with Crippen molar-refractivity contribution in [3.63, 3.8) is 0 Å². The molecule has 0 saturated heterocycles. The van der Waals surface area contributed by atoms with Crippen LogP contribution in [0.4, 0.5) is 4.79 Å². The van der Waals surface area contributed by atoms with Crippen LogP contribution in [0.1, 0.15) is 10.4 Å². The standard InChI is InChI=1S/C9H6BrClO4/c1-14-7-3-6(10)5(4-12)2-8(7)15-9(11)13/h2-4H,1H3. The maximum absolute atomic E-state index is 10.6. The third kappa shape index (κ3) is 2.94. The van der Waals surface area contributed by atoms with Crippen molar-refractivity contribution >= 4 is 39.2 Å². The summed E-state index contributed by atoms with van der Waals surface area (Å²) in [6.45, 7) is 0. The lowest BCUT2D eigenvalue weighted by Crippen LogP contribution is -2.00. The average molecular weight is 294 g/mol. The first kappa shape index (κ1) is 12.0. The van der Waals surface area contributed by atoms with Crippen LogP contribution >= 0.6 is 27.5 Å². The highest BCUT2D eigenvalue weighted by atomic mass is 79.9. The topological polar surface area (TPSA) is 52.6 Å². The summed E-state index contributed by atoms with van der Waals surface area (Å²) in [4.78, 5) is 21.2. The van der Waals surface area contributed by atoms with Gasteiger partial charge in [-0.15, -0.1) is 0 Å². The molecule has 15 heavy (non-hydrogen) atoms. The maximum Gasteiger partial charge on any atom is 0.409 e. The second-order valence-corrected chi connectivity index (χ2v) is 3.65. The summed E-state index contributed by atoms with van der Waals surface area (Å²) in [6, 6.07) is 2.87. The molecule has 1 rings (SSSR count). The SMILES string of the molecule is COc1cc(Br)c(C=O)cc1OC(=O)Cl. The van der Waals surface area contributed by atoms with Crippen molar-refractivity contribution in [3.8, 4) is 11.5 Å². The van der Waals surface area contributed by atoms with Crippen molar-refractivity contribution in [1.29, 1.82) is 0 Å². The van der Waals surface area contributed by atoms with Gasteiger partial charge in [-0.1, -0.05) is 0 Å². The summed E-state index contributed by atoms with van der Waals surface area (Å²) in [5.41, 5.74) is -0.656. The molecule has 1 aromatic rings. The number of benzene rings is 1. The van der Waals surface area contributed by atoms with Crippen LogP contribution in [-0.4, -0.2) is 18.8 Å². The summed E-state index contributed by atoms with van der Waals surface area (Å²) in [6.07, 6.45) is 0.620. The number of ether oxygens (including phenoxy) is 2. The number of carbonyl (C=O) groups excluding carboxylic acids is 2. The van der Waals surface area contributed by atoms with E-state index in [1.54, 1.807) is 0 Å². The molecule has 0 bridgehead atoms. The highest BCUT2D eigenvalue weighted by Gasteiger charge is 2.12. The van der Waals surface area contributed by atoms with E-state index in [0.717, 1.165) is 0 Å². The Bertz CT molecular complexity index is 405. The van der Waals surface area contributed by atoms with E-state index in [9.17, 15) is 9.59 Å². The number of halogens is 2. The van der Waals surface area contributed by atoms with Crippen molar-refractivity contribution < 1.29 is 19.1 Å². The van der Waals surface area contributed by atoms with Crippen molar-refractivity contribution in [2.45, 2.75) is 0 Å². The molecular weight excluding hydrogens is 287 g/mol. The number of carbonyl (C=O) groups is 2. The van der Waals surface area contributed by atoms with Gasteiger partial charge >= 0.3 is 5.43 Å². The van der Waals surface area contributed by atoms with E-state index in [-0.39, 0.29) is 5.75 Å². The van der Waals surface area contributed by atoms with E-state index in [0.29, 0.717) is 22.1 Å². The van der Waals surface area contributed by atoms with Gasteiger partial charge in [0.05, 0.1) is 7.11 Å². The Morgan fingerprint density at radius 2 is 2.13 bits per heavy atom. The van der Waals surface area contributed by atoms with Crippen LogP contribution in [0.3, 0.4) is 0 Å². The molecule has 0 spiro atoms. The second kappa shape index (κ2) is 5.14. The molecular formula is C9H6BrClO4. The largest absolute Gasteiger partial charge is 0.493 e. The molecule has 0 atom stereocenters. The highest BCUT2D eigenvalue weighted by Crippen LogP contribution is 2.33. The van der Waals surface area contributed by atoms with E-state index in [1.165, 1.54) is 19.2 Å². The lowest BCUT2D eigenvalue weighted by molar-refractivity contribution is 0.112. The quantitative estimate of drug-likeness (QED) is 0.635. The normalized spacial score (nSPS) is 9.53. The van der Waals surface area contributed by atoms with Crippen LogP contribution in [0.2, 0.25) is 0 Å². The summed E-state index contributed by atoms with van der Waals surface area (Å²) >= 11 is 8.22. The lowest BCUT2D eigenvalue weighted by atomic mass is 10.2. The molecule has 0 N–H and O–H groups in total. The molecule has 0 fully saturated rings. The van der Waals surface area contributed by atoms with Gasteiger partial charge in [0.2, 0.25) is 0 Å². The van der Waals surface area contributed by atoms with E-state index in [1.807, 2.05) is 0 Å². The third-order valence-corrected chi connectivity index (χ3v) is 2.36. The van der Waals surface area contributed by atoms with Gasteiger partial charge in [-0.3, -0.25) is 4.79 Å². The van der Waals surface area contributed by atoms with Gasteiger partial charge in [0.15, 0.2) is 17.8 Å². The Morgan fingerprint density at radius 3 is 2.60 bits per heavy atom. The van der Waals surface area contributed by atoms with Crippen LogP contribution in [0.5, 0.6) is 11.5 Å². The van der Waals surface area contributed by atoms with Crippen molar-refractivity contribution in [3.05, 3.63) is 22.2 Å². The van der Waals surface area contributed by atoms with Crippen LogP contribution in [0.25, 0.3) is 0 Å². The second-order valence-electron chi connectivity index (χ2n) is 2.48. The molecule has 6 heteroatoms. The molecule has 0 saturated carbocycles. The smallest absolute Gasteiger partial charge is 0.409 e. The van der Waals surface area contributed by atoms with Gasteiger partial charge in [-0.25, -0.2) is 4.79 Å². The summed E-state index contributed by atoms with van der Waals surface area (Å²) in [5.74, 6) is 0.407. The van der Waals surface area contributed by atoms with E-state index in [4.69, 9.17) is 16.3 Å². The molecule has 80 valence electrons. The van der Waals surface area contributed by atoms with Gasteiger partial charge in [-0.05, 0) is 28.1 Å². The van der Waals surface area contributed by atoms with E-state index < -0.39 is 5.43 Å².